The molecule has 2 unspecified atom stereocenters. The van der Waals surface area contributed by atoms with E-state index in [9.17, 15) is 0 Å². The van der Waals surface area contributed by atoms with Gasteiger partial charge in [-0.25, -0.2) is 0 Å². The quantitative estimate of drug-likeness (QED) is 0.721. The zero-order valence-electron chi connectivity index (χ0n) is 8.92. The Morgan fingerprint density at radius 3 is 2.79 bits per heavy atom. The number of rotatable bonds is 4. The van der Waals surface area contributed by atoms with E-state index in [2.05, 4.69) is 27.8 Å². The molecule has 1 aliphatic heterocycles. The van der Waals surface area contributed by atoms with Crippen molar-refractivity contribution < 1.29 is 4.74 Å². The molecule has 2 rings (SSSR count). The van der Waals surface area contributed by atoms with E-state index in [0.29, 0.717) is 12.2 Å². The van der Waals surface area contributed by atoms with Crippen LogP contribution < -0.4 is 0 Å². The Balaban J connectivity index is 1.72. The van der Waals surface area contributed by atoms with Crippen molar-refractivity contribution in [2.75, 3.05) is 25.0 Å². The van der Waals surface area contributed by atoms with Crippen molar-refractivity contribution in [3.05, 3.63) is 0 Å². The van der Waals surface area contributed by atoms with Gasteiger partial charge in [-0.3, -0.25) is 4.90 Å². The molecule has 82 valence electrons. The summed E-state index contributed by atoms with van der Waals surface area (Å²) in [6.45, 7) is 5.69. The Labute approximate surface area is 95.1 Å². The van der Waals surface area contributed by atoms with Crippen LogP contribution in [0.4, 0.5) is 0 Å². The number of hydrogen-bond acceptors (Lipinski definition) is 2. The van der Waals surface area contributed by atoms with Crippen LogP contribution in [0.1, 0.15) is 26.2 Å². The van der Waals surface area contributed by atoms with Crippen LogP contribution in [0.25, 0.3) is 0 Å². The van der Waals surface area contributed by atoms with Crippen LogP contribution >= 0.6 is 15.9 Å². The molecule has 1 heterocycles. The maximum absolute atomic E-state index is 5.80. The standard InChI is InChI=1S/C11H20BrNO/c1-9-7-13(5-4-10-2-3-10)8-11(6-12)14-9/h9-11H,2-8H2,1H3. The predicted octanol–water partition coefficient (Wildman–Crippen LogP) is 2.27. The van der Waals surface area contributed by atoms with E-state index in [0.717, 1.165) is 24.3 Å². The summed E-state index contributed by atoms with van der Waals surface area (Å²) in [6, 6.07) is 0. The van der Waals surface area contributed by atoms with Gasteiger partial charge in [0.05, 0.1) is 12.2 Å². The minimum Gasteiger partial charge on any atom is -0.372 e. The van der Waals surface area contributed by atoms with Crippen molar-refractivity contribution in [3.8, 4) is 0 Å². The fourth-order valence-electron chi connectivity index (χ4n) is 2.18. The van der Waals surface area contributed by atoms with Crippen LogP contribution in [0.3, 0.4) is 0 Å². The minimum absolute atomic E-state index is 0.401. The summed E-state index contributed by atoms with van der Waals surface area (Å²) in [6.07, 6.45) is 5.16. The second kappa shape index (κ2) is 4.95. The lowest BCUT2D eigenvalue weighted by molar-refractivity contribution is -0.0656. The molecule has 2 atom stereocenters. The molecule has 1 saturated heterocycles. The first-order valence-corrected chi connectivity index (χ1v) is 6.84. The second-order valence-electron chi connectivity index (χ2n) is 4.71. The molecule has 2 aliphatic rings. The maximum Gasteiger partial charge on any atom is 0.0802 e. The summed E-state index contributed by atoms with van der Waals surface area (Å²) in [5, 5.41) is 0.970. The van der Waals surface area contributed by atoms with Gasteiger partial charge in [0.15, 0.2) is 0 Å². The minimum atomic E-state index is 0.401. The average molecular weight is 262 g/mol. The SMILES string of the molecule is CC1CN(CCC2CC2)CC(CBr)O1. The van der Waals surface area contributed by atoms with Crippen LogP contribution in [0.15, 0.2) is 0 Å². The molecular weight excluding hydrogens is 242 g/mol. The van der Waals surface area contributed by atoms with Gasteiger partial charge >= 0.3 is 0 Å². The molecule has 14 heavy (non-hydrogen) atoms. The lowest BCUT2D eigenvalue weighted by atomic mass is 10.2. The molecule has 0 aromatic carbocycles. The molecule has 0 radical (unpaired) electrons. The summed E-state index contributed by atoms with van der Waals surface area (Å²) in [5.74, 6) is 1.05. The fraction of sp³-hybridized carbons (Fsp3) is 1.00. The van der Waals surface area contributed by atoms with Crippen LogP contribution in [0.5, 0.6) is 0 Å². The molecule has 1 saturated carbocycles. The highest BCUT2D eigenvalue weighted by atomic mass is 79.9. The van der Waals surface area contributed by atoms with Gasteiger partial charge in [0.2, 0.25) is 0 Å². The van der Waals surface area contributed by atoms with E-state index in [-0.39, 0.29) is 0 Å². The van der Waals surface area contributed by atoms with Crippen molar-refractivity contribution in [3.63, 3.8) is 0 Å². The Bertz CT molecular complexity index is 184. The van der Waals surface area contributed by atoms with E-state index in [1.54, 1.807) is 0 Å². The Morgan fingerprint density at radius 2 is 2.14 bits per heavy atom. The summed E-state index contributed by atoms with van der Waals surface area (Å²) >= 11 is 3.51. The number of ether oxygens (including phenoxy) is 1. The number of halogens is 1. The molecule has 2 fully saturated rings. The third kappa shape index (κ3) is 3.21. The average Bonchev–Trinajstić information content (AvgIpc) is 2.97. The normalized spacial score (nSPS) is 34.7. The number of nitrogens with zero attached hydrogens (tertiary/aromatic N) is 1. The monoisotopic (exact) mass is 261 g/mol. The van der Waals surface area contributed by atoms with Crippen LogP contribution in [-0.4, -0.2) is 42.1 Å². The van der Waals surface area contributed by atoms with Crippen molar-refractivity contribution in [2.24, 2.45) is 5.92 Å². The molecule has 1 aliphatic carbocycles. The van der Waals surface area contributed by atoms with Gasteiger partial charge in [0.1, 0.15) is 0 Å². The van der Waals surface area contributed by atoms with Crippen LogP contribution in [0, 0.1) is 5.92 Å². The van der Waals surface area contributed by atoms with Gasteiger partial charge in [-0.05, 0) is 25.8 Å². The van der Waals surface area contributed by atoms with Crippen LogP contribution in [0.2, 0.25) is 0 Å². The van der Waals surface area contributed by atoms with E-state index >= 15 is 0 Å². The van der Waals surface area contributed by atoms with E-state index in [1.165, 1.54) is 25.8 Å². The fourth-order valence-corrected chi connectivity index (χ4v) is 2.54. The Hall–Kier alpha value is 0.400. The molecule has 0 amide bonds. The third-order valence-corrected chi connectivity index (χ3v) is 3.85. The molecule has 2 nitrogen and oxygen atoms in total. The molecule has 0 N–H and O–H groups in total. The number of alkyl halides is 1. The highest BCUT2D eigenvalue weighted by Crippen LogP contribution is 2.32. The summed E-state index contributed by atoms with van der Waals surface area (Å²) < 4.78 is 5.80. The molecule has 0 aromatic heterocycles. The highest BCUT2D eigenvalue weighted by molar-refractivity contribution is 9.09. The number of morpholine rings is 1. The smallest absolute Gasteiger partial charge is 0.0802 e. The lowest BCUT2D eigenvalue weighted by Crippen LogP contribution is -2.47. The second-order valence-corrected chi connectivity index (χ2v) is 5.36. The van der Waals surface area contributed by atoms with Crippen molar-refractivity contribution >= 4 is 15.9 Å². The van der Waals surface area contributed by atoms with E-state index in [4.69, 9.17) is 4.74 Å². The summed E-state index contributed by atoms with van der Waals surface area (Å²) in [7, 11) is 0. The van der Waals surface area contributed by atoms with Gasteiger partial charge in [-0.15, -0.1) is 0 Å². The van der Waals surface area contributed by atoms with Gasteiger partial charge in [0.25, 0.3) is 0 Å². The zero-order chi connectivity index (χ0) is 9.97. The predicted molar refractivity (Wildman–Crippen MR) is 61.9 cm³/mol. The molecule has 3 heteroatoms. The highest BCUT2D eigenvalue weighted by Gasteiger charge is 2.27. The molecule has 0 aromatic rings. The van der Waals surface area contributed by atoms with Crippen LogP contribution in [-0.2, 0) is 4.74 Å². The summed E-state index contributed by atoms with van der Waals surface area (Å²) in [5.41, 5.74) is 0. The van der Waals surface area contributed by atoms with Crippen molar-refractivity contribution in [1.29, 1.82) is 0 Å². The van der Waals surface area contributed by atoms with Crippen molar-refractivity contribution in [2.45, 2.75) is 38.4 Å². The van der Waals surface area contributed by atoms with E-state index < -0.39 is 0 Å². The van der Waals surface area contributed by atoms with Crippen molar-refractivity contribution in [1.82, 2.24) is 4.90 Å². The van der Waals surface area contributed by atoms with Gasteiger partial charge in [-0.2, -0.15) is 0 Å². The maximum atomic E-state index is 5.80. The number of hydrogen-bond donors (Lipinski definition) is 0. The third-order valence-electron chi connectivity index (χ3n) is 3.12. The Morgan fingerprint density at radius 1 is 1.36 bits per heavy atom. The summed E-state index contributed by atoms with van der Waals surface area (Å²) in [4.78, 5) is 2.57. The molecular formula is C11H20BrNO. The van der Waals surface area contributed by atoms with Gasteiger partial charge in [-0.1, -0.05) is 28.8 Å². The topological polar surface area (TPSA) is 12.5 Å². The van der Waals surface area contributed by atoms with Gasteiger partial charge < -0.3 is 4.74 Å². The van der Waals surface area contributed by atoms with E-state index in [1.807, 2.05) is 0 Å². The molecule has 0 spiro atoms. The first-order chi connectivity index (χ1) is 6.78. The Kier molecular flexibility index (Phi) is 3.86. The molecule has 0 bridgehead atoms. The first kappa shape index (κ1) is 10.9. The largest absolute Gasteiger partial charge is 0.372 e. The first-order valence-electron chi connectivity index (χ1n) is 5.71. The zero-order valence-corrected chi connectivity index (χ0v) is 10.5. The lowest BCUT2D eigenvalue weighted by Gasteiger charge is -2.36. The van der Waals surface area contributed by atoms with Gasteiger partial charge in [0, 0.05) is 18.4 Å².